The third-order valence-electron chi connectivity index (χ3n) is 4.57. The average molecular weight is 239 g/mol. The maximum Gasteiger partial charge on any atom is 0.134 e. The quantitative estimate of drug-likeness (QED) is 0.809. The lowest BCUT2D eigenvalue weighted by atomic mass is 9.66. The van der Waals surface area contributed by atoms with Gasteiger partial charge in [0.05, 0.1) is 36.4 Å². The minimum atomic E-state index is -0.224. The molecule has 1 saturated heterocycles. The van der Waals surface area contributed by atoms with E-state index in [0.29, 0.717) is 13.2 Å². The number of para-hydroxylation sites is 1. The lowest BCUT2D eigenvalue weighted by Gasteiger charge is -2.44. The smallest absolute Gasteiger partial charge is 0.134 e. The fourth-order valence-electron chi connectivity index (χ4n) is 3.17. The molecule has 1 aliphatic carbocycles. The van der Waals surface area contributed by atoms with Crippen LogP contribution in [0.15, 0.2) is 34.9 Å². The van der Waals surface area contributed by atoms with Gasteiger partial charge in [0, 0.05) is 10.9 Å². The molecule has 4 rings (SSSR count). The molecule has 1 aliphatic heterocycles. The first-order valence-corrected chi connectivity index (χ1v) is 6.27. The van der Waals surface area contributed by atoms with Crippen molar-refractivity contribution in [2.75, 3.05) is 13.2 Å². The lowest BCUT2D eigenvalue weighted by molar-refractivity contribution is -0.0862. The SMILES string of the molecule is N#CC1(C2(c3coc4ccccc34)COC2)CC1. The van der Waals surface area contributed by atoms with Crippen LogP contribution in [0.2, 0.25) is 0 Å². The topological polar surface area (TPSA) is 46.2 Å². The highest BCUT2D eigenvalue weighted by molar-refractivity contribution is 5.82. The third kappa shape index (κ3) is 1.02. The van der Waals surface area contributed by atoms with E-state index >= 15 is 0 Å². The summed E-state index contributed by atoms with van der Waals surface area (Å²) in [5.41, 5.74) is 1.68. The van der Waals surface area contributed by atoms with Gasteiger partial charge in [0.2, 0.25) is 0 Å². The molecule has 3 heteroatoms. The Morgan fingerprint density at radius 2 is 1.94 bits per heavy atom. The van der Waals surface area contributed by atoms with Crippen LogP contribution in [-0.2, 0) is 10.2 Å². The molecule has 0 bridgehead atoms. The van der Waals surface area contributed by atoms with E-state index in [-0.39, 0.29) is 10.8 Å². The van der Waals surface area contributed by atoms with Gasteiger partial charge in [-0.1, -0.05) is 18.2 Å². The predicted molar refractivity (Wildman–Crippen MR) is 66.0 cm³/mol. The average Bonchev–Trinajstić information content (AvgIpc) is 3.03. The van der Waals surface area contributed by atoms with Gasteiger partial charge in [0.1, 0.15) is 5.58 Å². The van der Waals surface area contributed by atoms with Crippen molar-refractivity contribution < 1.29 is 9.15 Å². The highest BCUT2D eigenvalue weighted by Crippen LogP contribution is 2.63. The van der Waals surface area contributed by atoms with Crippen molar-refractivity contribution in [1.82, 2.24) is 0 Å². The highest BCUT2D eigenvalue weighted by atomic mass is 16.5. The number of fused-ring (bicyclic) bond motifs is 1. The number of rotatable bonds is 2. The number of hydrogen-bond donors (Lipinski definition) is 0. The van der Waals surface area contributed by atoms with Gasteiger partial charge in [0.25, 0.3) is 0 Å². The number of nitrogens with zero attached hydrogens (tertiary/aromatic N) is 1. The van der Waals surface area contributed by atoms with E-state index in [9.17, 15) is 5.26 Å². The van der Waals surface area contributed by atoms with Gasteiger partial charge in [-0.05, 0) is 18.9 Å². The maximum atomic E-state index is 9.49. The van der Waals surface area contributed by atoms with Gasteiger partial charge >= 0.3 is 0 Å². The van der Waals surface area contributed by atoms with Gasteiger partial charge in [-0.15, -0.1) is 0 Å². The van der Waals surface area contributed by atoms with E-state index in [1.54, 1.807) is 0 Å². The summed E-state index contributed by atoms with van der Waals surface area (Å²) >= 11 is 0. The summed E-state index contributed by atoms with van der Waals surface area (Å²) in [7, 11) is 0. The van der Waals surface area contributed by atoms with E-state index in [4.69, 9.17) is 9.15 Å². The van der Waals surface area contributed by atoms with Crippen molar-refractivity contribution in [3.8, 4) is 6.07 Å². The Bertz CT molecular complexity index is 656. The molecule has 2 aliphatic rings. The van der Waals surface area contributed by atoms with E-state index in [2.05, 4.69) is 12.1 Å². The normalized spacial score (nSPS) is 23.3. The maximum absolute atomic E-state index is 9.49. The molecule has 18 heavy (non-hydrogen) atoms. The van der Waals surface area contributed by atoms with Crippen LogP contribution in [0.25, 0.3) is 11.0 Å². The molecule has 1 aromatic heterocycles. The van der Waals surface area contributed by atoms with Gasteiger partial charge in [-0.25, -0.2) is 0 Å². The summed E-state index contributed by atoms with van der Waals surface area (Å²) < 4.78 is 11.1. The second-order valence-corrected chi connectivity index (χ2v) is 5.41. The zero-order valence-corrected chi connectivity index (χ0v) is 9.98. The second kappa shape index (κ2) is 3.15. The van der Waals surface area contributed by atoms with Crippen molar-refractivity contribution in [3.63, 3.8) is 0 Å². The molecular weight excluding hydrogens is 226 g/mol. The molecule has 0 spiro atoms. The molecule has 0 atom stereocenters. The van der Waals surface area contributed by atoms with Crippen LogP contribution in [0.4, 0.5) is 0 Å². The fraction of sp³-hybridized carbons (Fsp3) is 0.400. The first kappa shape index (κ1) is 10.2. The Balaban J connectivity index is 1.94. The van der Waals surface area contributed by atoms with Crippen molar-refractivity contribution >= 4 is 11.0 Å². The summed E-state index contributed by atoms with van der Waals surface area (Å²) in [6, 6.07) is 10.6. The largest absolute Gasteiger partial charge is 0.464 e. The van der Waals surface area contributed by atoms with Crippen LogP contribution < -0.4 is 0 Å². The summed E-state index contributed by atoms with van der Waals surface area (Å²) in [5, 5.41) is 10.6. The highest BCUT2D eigenvalue weighted by Gasteiger charge is 2.65. The molecule has 2 fully saturated rings. The van der Waals surface area contributed by atoms with Crippen LogP contribution >= 0.6 is 0 Å². The minimum absolute atomic E-state index is 0.144. The Kier molecular flexibility index (Phi) is 1.78. The first-order valence-electron chi connectivity index (χ1n) is 6.27. The Hall–Kier alpha value is -1.79. The Morgan fingerprint density at radius 1 is 1.17 bits per heavy atom. The zero-order valence-electron chi connectivity index (χ0n) is 9.98. The summed E-state index contributed by atoms with van der Waals surface area (Å²) in [4.78, 5) is 0. The van der Waals surface area contributed by atoms with E-state index in [0.717, 1.165) is 29.4 Å². The molecular formula is C15H13NO2. The van der Waals surface area contributed by atoms with Crippen molar-refractivity contribution in [2.24, 2.45) is 5.41 Å². The second-order valence-electron chi connectivity index (χ2n) is 5.41. The molecule has 0 amide bonds. The van der Waals surface area contributed by atoms with Gasteiger partial charge in [0.15, 0.2) is 0 Å². The Labute approximate surface area is 105 Å². The molecule has 1 aromatic carbocycles. The van der Waals surface area contributed by atoms with Crippen LogP contribution in [0.3, 0.4) is 0 Å². The van der Waals surface area contributed by atoms with Crippen LogP contribution in [0.1, 0.15) is 18.4 Å². The molecule has 0 unspecified atom stereocenters. The monoisotopic (exact) mass is 239 g/mol. The van der Waals surface area contributed by atoms with Crippen molar-refractivity contribution in [1.29, 1.82) is 5.26 Å². The molecule has 90 valence electrons. The number of furan rings is 1. The summed E-state index contributed by atoms with van der Waals surface area (Å²) in [5.74, 6) is 0. The zero-order chi connectivity index (χ0) is 12.2. The van der Waals surface area contributed by atoms with Gasteiger partial charge < -0.3 is 9.15 Å². The number of hydrogen-bond acceptors (Lipinski definition) is 3. The van der Waals surface area contributed by atoms with Gasteiger partial charge in [-0.2, -0.15) is 5.26 Å². The molecule has 2 heterocycles. The van der Waals surface area contributed by atoms with E-state index < -0.39 is 0 Å². The van der Waals surface area contributed by atoms with Crippen LogP contribution in [0, 0.1) is 16.7 Å². The molecule has 0 N–H and O–H groups in total. The predicted octanol–water partition coefficient (Wildman–Crippen LogP) is 3.00. The summed E-state index contributed by atoms with van der Waals surface area (Å²) in [6.07, 6.45) is 3.78. The van der Waals surface area contributed by atoms with Crippen molar-refractivity contribution in [2.45, 2.75) is 18.3 Å². The molecule has 2 aromatic rings. The molecule has 1 saturated carbocycles. The van der Waals surface area contributed by atoms with E-state index in [1.165, 1.54) is 0 Å². The van der Waals surface area contributed by atoms with Crippen molar-refractivity contribution in [3.05, 3.63) is 36.1 Å². The van der Waals surface area contributed by atoms with Crippen LogP contribution in [0.5, 0.6) is 0 Å². The third-order valence-corrected chi connectivity index (χ3v) is 4.57. The molecule has 3 nitrogen and oxygen atoms in total. The number of nitriles is 1. The number of benzene rings is 1. The summed E-state index contributed by atoms with van der Waals surface area (Å²) in [6.45, 7) is 1.29. The lowest BCUT2D eigenvalue weighted by Crippen LogP contribution is -2.53. The first-order chi connectivity index (χ1) is 8.81. The fourth-order valence-corrected chi connectivity index (χ4v) is 3.17. The van der Waals surface area contributed by atoms with Crippen LogP contribution in [-0.4, -0.2) is 13.2 Å². The molecule has 0 radical (unpaired) electrons. The standard InChI is InChI=1S/C15H13NO2/c16-8-14(5-6-14)15(9-17-10-15)12-7-18-13-4-2-1-3-11(12)13/h1-4,7H,5-6,9-10H2. The van der Waals surface area contributed by atoms with Gasteiger partial charge in [-0.3, -0.25) is 0 Å². The number of ether oxygens (including phenoxy) is 1. The minimum Gasteiger partial charge on any atom is -0.464 e. The van der Waals surface area contributed by atoms with E-state index in [1.807, 2.05) is 24.5 Å². The Morgan fingerprint density at radius 3 is 2.56 bits per heavy atom.